The number of carbonyl (C=O) groups is 2. The lowest BCUT2D eigenvalue weighted by Crippen LogP contribution is -2.14. The van der Waals surface area contributed by atoms with Crippen LogP contribution in [0.1, 0.15) is 13.3 Å². The van der Waals surface area contributed by atoms with Crippen LogP contribution in [0.2, 0.25) is 10.0 Å². The molecule has 1 aromatic carbocycles. The molecule has 0 aromatic heterocycles. The zero-order valence-electron chi connectivity index (χ0n) is 8.31. The van der Waals surface area contributed by atoms with Crippen molar-refractivity contribution in [3.63, 3.8) is 0 Å². The predicted octanol–water partition coefficient (Wildman–Crippen LogP) is 3.05. The van der Waals surface area contributed by atoms with E-state index < -0.39 is 11.7 Å². The van der Waals surface area contributed by atoms with Crippen molar-refractivity contribution in [2.45, 2.75) is 13.3 Å². The number of hydrogen-bond acceptors (Lipinski definition) is 2. The first-order chi connectivity index (χ1) is 7.40. The summed E-state index contributed by atoms with van der Waals surface area (Å²) in [5, 5.41) is 2.01. The van der Waals surface area contributed by atoms with Gasteiger partial charge in [0.05, 0.1) is 16.5 Å². The minimum absolute atomic E-state index is 0.189. The van der Waals surface area contributed by atoms with Gasteiger partial charge in [-0.3, -0.25) is 9.59 Å². The van der Waals surface area contributed by atoms with E-state index >= 15 is 0 Å². The van der Waals surface area contributed by atoms with Crippen LogP contribution in [0.25, 0.3) is 0 Å². The van der Waals surface area contributed by atoms with Gasteiger partial charge in [0.1, 0.15) is 5.78 Å². The number of benzene rings is 1. The van der Waals surface area contributed by atoms with Gasteiger partial charge in [-0.25, -0.2) is 4.39 Å². The normalized spacial score (nSPS) is 10.0. The Kier molecular flexibility index (Phi) is 4.26. The first kappa shape index (κ1) is 12.9. The van der Waals surface area contributed by atoms with Crippen LogP contribution < -0.4 is 5.32 Å². The molecule has 0 radical (unpaired) electrons. The lowest BCUT2D eigenvalue weighted by atomic mass is 10.2. The van der Waals surface area contributed by atoms with Crippen molar-refractivity contribution in [2.24, 2.45) is 0 Å². The van der Waals surface area contributed by atoms with Gasteiger partial charge in [-0.2, -0.15) is 0 Å². The third kappa shape index (κ3) is 3.47. The van der Waals surface area contributed by atoms with Crippen molar-refractivity contribution in [1.82, 2.24) is 0 Å². The highest BCUT2D eigenvalue weighted by Crippen LogP contribution is 2.27. The van der Waals surface area contributed by atoms with Crippen molar-refractivity contribution in [3.05, 3.63) is 28.0 Å². The van der Waals surface area contributed by atoms with Crippen LogP contribution in [-0.4, -0.2) is 11.7 Å². The number of carbonyl (C=O) groups excluding carboxylic acids is 2. The minimum Gasteiger partial charge on any atom is -0.326 e. The molecule has 0 heterocycles. The molecule has 3 nitrogen and oxygen atoms in total. The number of halogens is 3. The molecule has 0 aliphatic heterocycles. The molecule has 0 aliphatic rings. The zero-order chi connectivity index (χ0) is 12.3. The second kappa shape index (κ2) is 5.27. The molecule has 16 heavy (non-hydrogen) atoms. The van der Waals surface area contributed by atoms with Gasteiger partial charge in [-0.15, -0.1) is 0 Å². The average molecular weight is 264 g/mol. The molecule has 0 saturated carbocycles. The average Bonchev–Trinajstić information content (AvgIpc) is 2.12. The topological polar surface area (TPSA) is 46.2 Å². The van der Waals surface area contributed by atoms with E-state index in [0.29, 0.717) is 0 Å². The minimum atomic E-state index is -0.743. The highest BCUT2D eigenvalue weighted by molar-refractivity contribution is 6.35. The van der Waals surface area contributed by atoms with E-state index in [1.807, 2.05) is 0 Å². The van der Waals surface area contributed by atoms with Crippen molar-refractivity contribution in [3.8, 4) is 0 Å². The summed E-state index contributed by atoms with van der Waals surface area (Å²) >= 11 is 11.1. The predicted molar refractivity (Wildman–Crippen MR) is 60.3 cm³/mol. The molecule has 0 bridgehead atoms. The van der Waals surface area contributed by atoms with Crippen LogP contribution in [0.15, 0.2) is 12.1 Å². The largest absolute Gasteiger partial charge is 0.326 e. The lowest BCUT2D eigenvalue weighted by molar-refractivity contribution is -0.124. The second-order valence-corrected chi connectivity index (χ2v) is 4.00. The van der Waals surface area contributed by atoms with Crippen molar-refractivity contribution in [2.75, 3.05) is 5.32 Å². The molecule has 0 aliphatic carbocycles. The van der Waals surface area contributed by atoms with E-state index in [2.05, 4.69) is 5.32 Å². The van der Waals surface area contributed by atoms with E-state index in [1.165, 1.54) is 19.1 Å². The highest BCUT2D eigenvalue weighted by atomic mass is 35.5. The maximum atomic E-state index is 13.0. The van der Waals surface area contributed by atoms with E-state index in [9.17, 15) is 14.0 Å². The number of anilines is 1. The Morgan fingerprint density at radius 2 is 1.81 bits per heavy atom. The van der Waals surface area contributed by atoms with Crippen LogP contribution in [0.3, 0.4) is 0 Å². The molecular weight excluding hydrogens is 256 g/mol. The fourth-order valence-corrected chi connectivity index (χ4v) is 1.55. The number of nitrogens with one attached hydrogen (secondary N) is 1. The number of amides is 1. The van der Waals surface area contributed by atoms with E-state index in [0.717, 1.165) is 0 Å². The summed E-state index contributed by atoms with van der Waals surface area (Å²) in [4.78, 5) is 21.9. The monoisotopic (exact) mass is 263 g/mol. The quantitative estimate of drug-likeness (QED) is 0.673. The van der Waals surface area contributed by atoms with Crippen molar-refractivity contribution < 1.29 is 14.0 Å². The summed E-state index contributed by atoms with van der Waals surface area (Å²) in [5.41, 5.74) is 0.252. The number of ketones is 1. The Hall–Kier alpha value is -1.13. The molecule has 0 fully saturated rings. The summed E-state index contributed by atoms with van der Waals surface area (Å²) < 4.78 is 13.0. The van der Waals surface area contributed by atoms with Crippen LogP contribution in [0, 0.1) is 5.82 Å². The number of Topliss-reactive ketones (excluding diaryl/α,β-unsaturated/α-hetero) is 1. The molecule has 6 heteroatoms. The van der Waals surface area contributed by atoms with E-state index in [-0.39, 0.29) is 27.9 Å². The Morgan fingerprint density at radius 1 is 1.31 bits per heavy atom. The van der Waals surface area contributed by atoms with Crippen LogP contribution in [-0.2, 0) is 9.59 Å². The lowest BCUT2D eigenvalue weighted by Gasteiger charge is -2.06. The SMILES string of the molecule is CC(=O)CC(=O)Nc1cc(Cl)c(F)c(Cl)c1. The molecule has 1 N–H and O–H groups in total. The number of rotatable bonds is 3. The molecule has 86 valence electrons. The summed E-state index contributed by atoms with van der Waals surface area (Å²) in [6, 6.07) is 2.45. The Bertz CT molecular complexity index is 425. The third-order valence-corrected chi connectivity index (χ3v) is 2.23. The first-order valence-electron chi connectivity index (χ1n) is 4.34. The van der Waals surface area contributed by atoms with Gasteiger partial charge >= 0.3 is 0 Å². The maximum Gasteiger partial charge on any atom is 0.231 e. The van der Waals surface area contributed by atoms with Gasteiger partial charge in [0.2, 0.25) is 5.91 Å². The molecule has 1 amide bonds. The molecule has 0 atom stereocenters. The van der Waals surface area contributed by atoms with Gasteiger partial charge in [0.15, 0.2) is 5.82 Å². The van der Waals surface area contributed by atoms with E-state index in [1.54, 1.807) is 0 Å². The summed E-state index contributed by atoms with van der Waals surface area (Å²) in [5.74, 6) is -1.50. The van der Waals surface area contributed by atoms with Gasteiger partial charge < -0.3 is 5.32 Å². The highest BCUT2D eigenvalue weighted by Gasteiger charge is 2.10. The second-order valence-electron chi connectivity index (χ2n) is 3.18. The Labute approximate surface area is 102 Å². The zero-order valence-corrected chi connectivity index (χ0v) is 9.82. The van der Waals surface area contributed by atoms with Crippen molar-refractivity contribution >= 4 is 40.6 Å². The Balaban J connectivity index is 2.82. The van der Waals surface area contributed by atoms with Gasteiger partial charge in [-0.05, 0) is 19.1 Å². The van der Waals surface area contributed by atoms with Crippen LogP contribution in [0.5, 0.6) is 0 Å². The van der Waals surface area contributed by atoms with E-state index in [4.69, 9.17) is 23.2 Å². The summed E-state index contributed by atoms with van der Waals surface area (Å²) in [7, 11) is 0. The van der Waals surface area contributed by atoms with Crippen molar-refractivity contribution in [1.29, 1.82) is 0 Å². The standard InChI is InChI=1S/C10H8Cl2FNO2/c1-5(15)2-9(16)14-6-3-7(11)10(13)8(12)4-6/h3-4H,2H2,1H3,(H,14,16). The van der Waals surface area contributed by atoms with Gasteiger partial charge in [-0.1, -0.05) is 23.2 Å². The molecule has 1 aromatic rings. The summed E-state index contributed by atoms with van der Waals surface area (Å²) in [6.45, 7) is 1.30. The fourth-order valence-electron chi connectivity index (χ4n) is 1.06. The molecule has 0 unspecified atom stereocenters. The molecular formula is C10H8Cl2FNO2. The maximum absolute atomic E-state index is 13.0. The van der Waals surface area contributed by atoms with Gasteiger partial charge in [0, 0.05) is 5.69 Å². The third-order valence-electron chi connectivity index (χ3n) is 1.68. The van der Waals surface area contributed by atoms with Gasteiger partial charge in [0.25, 0.3) is 0 Å². The smallest absolute Gasteiger partial charge is 0.231 e. The molecule has 1 rings (SSSR count). The first-order valence-corrected chi connectivity index (χ1v) is 5.09. The molecule has 0 spiro atoms. The number of hydrogen-bond donors (Lipinski definition) is 1. The van der Waals surface area contributed by atoms with Crippen LogP contribution in [0.4, 0.5) is 10.1 Å². The summed E-state index contributed by atoms with van der Waals surface area (Å²) in [6.07, 6.45) is -0.243. The van der Waals surface area contributed by atoms with Crippen LogP contribution >= 0.6 is 23.2 Å². The molecule has 0 saturated heterocycles. The fraction of sp³-hybridized carbons (Fsp3) is 0.200. The Morgan fingerprint density at radius 3 is 2.25 bits per heavy atom.